The molecule has 0 rings (SSSR count). The maximum Gasteiger partial charge on any atom is 0.0786 e. The van der Waals surface area contributed by atoms with E-state index in [-0.39, 0.29) is 0 Å². The first-order valence-corrected chi connectivity index (χ1v) is 10.1. The highest BCUT2D eigenvalue weighted by Gasteiger charge is 2.24. The van der Waals surface area contributed by atoms with Gasteiger partial charge in [-0.05, 0) is 25.7 Å². The fraction of sp³-hybridized carbons (Fsp3) is 1.00. The van der Waals surface area contributed by atoms with Crippen LogP contribution in [0.1, 0.15) is 79.1 Å². The highest BCUT2D eigenvalue weighted by molar-refractivity contribution is 7.79. The van der Waals surface area contributed by atoms with Crippen LogP contribution in [0, 0.1) is 0 Å². The summed E-state index contributed by atoms with van der Waals surface area (Å²) in [7, 11) is -5.17. The van der Waals surface area contributed by atoms with Crippen LogP contribution in [0.3, 0.4) is 0 Å². The minimum atomic E-state index is -5.17. The molecule has 22 heavy (non-hydrogen) atoms. The smallest absolute Gasteiger partial charge is 0.0786 e. The van der Waals surface area contributed by atoms with E-state index in [0.717, 1.165) is 0 Å². The van der Waals surface area contributed by atoms with Crippen LogP contribution in [-0.2, 0) is 10.4 Å². The zero-order valence-corrected chi connectivity index (χ0v) is 15.8. The summed E-state index contributed by atoms with van der Waals surface area (Å²) in [6.45, 7) is 15.0. The monoisotopic (exact) mass is 338 g/mol. The van der Waals surface area contributed by atoms with Gasteiger partial charge < -0.3 is 13.6 Å². The Bertz CT molecular complexity index is 286. The molecule has 0 saturated heterocycles. The molecule has 0 heterocycles. The van der Waals surface area contributed by atoms with Crippen molar-refractivity contribution in [2.24, 2.45) is 0 Å². The van der Waals surface area contributed by atoms with Crippen molar-refractivity contribution in [1.82, 2.24) is 0 Å². The molecular formula is C16H36NO4S-. The number of hydrogen-bond acceptors (Lipinski definition) is 4. The molecule has 0 aliphatic heterocycles. The van der Waals surface area contributed by atoms with E-state index in [2.05, 4.69) is 27.7 Å². The average molecular weight is 339 g/mol. The highest BCUT2D eigenvalue weighted by atomic mass is 32.3. The Morgan fingerprint density at radius 3 is 0.955 bits per heavy atom. The van der Waals surface area contributed by atoms with Crippen LogP contribution in [0.15, 0.2) is 0 Å². The van der Waals surface area contributed by atoms with E-state index < -0.39 is 10.4 Å². The van der Waals surface area contributed by atoms with Crippen molar-refractivity contribution < 1.29 is 22.0 Å². The molecule has 0 amide bonds. The van der Waals surface area contributed by atoms with Gasteiger partial charge in [0, 0.05) is 10.4 Å². The van der Waals surface area contributed by atoms with Crippen molar-refractivity contribution in [3.8, 4) is 0 Å². The van der Waals surface area contributed by atoms with Crippen LogP contribution in [0.5, 0.6) is 0 Å². The maximum atomic E-state index is 8.52. The van der Waals surface area contributed by atoms with Crippen molar-refractivity contribution in [1.29, 1.82) is 0 Å². The first kappa shape index (κ1) is 24.1. The van der Waals surface area contributed by atoms with E-state index in [1.807, 2.05) is 0 Å². The van der Waals surface area contributed by atoms with Crippen LogP contribution in [0.4, 0.5) is 0 Å². The molecule has 0 radical (unpaired) electrons. The number of hydrogen-bond donors (Lipinski definition) is 0. The van der Waals surface area contributed by atoms with Gasteiger partial charge in [-0.25, -0.2) is 0 Å². The number of rotatable bonds is 12. The summed E-state index contributed by atoms with van der Waals surface area (Å²) in [6.07, 6.45) is 11.1. The molecule has 6 heteroatoms. The van der Waals surface area contributed by atoms with Crippen molar-refractivity contribution >= 4 is 10.4 Å². The normalized spacial score (nSPS) is 11.9. The summed E-state index contributed by atoms with van der Waals surface area (Å²) < 4.78 is 35.5. The molecule has 136 valence electrons. The van der Waals surface area contributed by atoms with Gasteiger partial charge >= 0.3 is 0 Å². The lowest BCUT2D eigenvalue weighted by Gasteiger charge is -2.39. The van der Waals surface area contributed by atoms with Gasteiger partial charge in [0.15, 0.2) is 0 Å². The van der Waals surface area contributed by atoms with E-state index in [4.69, 9.17) is 17.5 Å². The van der Waals surface area contributed by atoms with E-state index in [1.165, 1.54) is 82.0 Å². The Labute approximate surface area is 138 Å². The van der Waals surface area contributed by atoms with Gasteiger partial charge in [-0.15, -0.1) is 0 Å². The van der Waals surface area contributed by atoms with Crippen LogP contribution in [0.2, 0.25) is 0 Å². The quantitative estimate of drug-likeness (QED) is 0.309. The minimum Gasteiger partial charge on any atom is -0.759 e. The van der Waals surface area contributed by atoms with Crippen LogP contribution < -0.4 is 0 Å². The number of nitrogens with zero attached hydrogens (tertiary/aromatic N) is 1. The summed E-state index contributed by atoms with van der Waals surface area (Å²) in [5.74, 6) is 0. The zero-order valence-electron chi connectivity index (χ0n) is 15.0. The second kappa shape index (κ2) is 14.4. The second-order valence-corrected chi connectivity index (χ2v) is 6.88. The van der Waals surface area contributed by atoms with Gasteiger partial charge in [0.05, 0.1) is 26.2 Å². The molecule has 0 saturated carbocycles. The molecule has 0 spiro atoms. The van der Waals surface area contributed by atoms with Gasteiger partial charge in [-0.3, -0.25) is 8.42 Å². The van der Waals surface area contributed by atoms with Gasteiger partial charge in [-0.2, -0.15) is 0 Å². The van der Waals surface area contributed by atoms with Crippen molar-refractivity contribution in [2.45, 2.75) is 79.1 Å². The van der Waals surface area contributed by atoms with Gasteiger partial charge in [0.1, 0.15) is 0 Å². The van der Waals surface area contributed by atoms with E-state index >= 15 is 0 Å². The molecule has 0 aliphatic rings. The Morgan fingerprint density at radius 1 is 0.636 bits per heavy atom. The highest BCUT2D eigenvalue weighted by Crippen LogP contribution is 2.16. The lowest BCUT2D eigenvalue weighted by atomic mass is 10.1. The molecular weight excluding hydrogens is 302 g/mol. The summed E-state index contributed by atoms with van der Waals surface area (Å²) in [6, 6.07) is 0. The lowest BCUT2D eigenvalue weighted by molar-refractivity contribution is -0.929. The molecule has 0 atom stereocenters. The predicted molar refractivity (Wildman–Crippen MR) is 89.8 cm³/mol. The van der Waals surface area contributed by atoms with Gasteiger partial charge in [0.2, 0.25) is 0 Å². The van der Waals surface area contributed by atoms with Gasteiger partial charge in [-0.1, -0.05) is 53.4 Å². The number of quaternary nitrogens is 1. The molecule has 0 N–H and O–H groups in total. The first-order valence-electron chi connectivity index (χ1n) is 8.76. The topological polar surface area (TPSA) is 80.3 Å². The second-order valence-electron chi connectivity index (χ2n) is 6.06. The van der Waals surface area contributed by atoms with Gasteiger partial charge in [0.25, 0.3) is 0 Å². The van der Waals surface area contributed by atoms with Crippen LogP contribution >= 0.6 is 0 Å². The summed E-state index contributed by atoms with van der Waals surface area (Å²) in [4.78, 5) is 0. The predicted octanol–water partition coefficient (Wildman–Crippen LogP) is 3.67. The van der Waals surface area contributed by atoms with Crippen molar-refractivity contribution in [2.75, 3.05) is 26.2 Å². The van der Waals surface area contributed by atoms with Crippen LogP contribution in [-0.4, -0.2) is 48.2 Å². The Balaban J connectivity index is 0. The minimum absolute atomic E-state index is 1.35. The SMILES string of the molecule is CCCC[N+](CCCC)(CCCC)CCCC.O=S(=O)([O-])[O-]. The Hall–Kier alpha value is -0.170. The van der Waals surface area contributed by atoms with E-state index in [0.29, 0.717) is 0 Å². The molecule has 0 aromatic heterocycles. The zero-order chi connectivity index (χ0) is 17.5. The molecule has 5 nitrogen and oxygen atoms in total. The third kappa shape index (κ3) is 17.9. The van der Waals surface area contributed by atoms with Crippen molar-refractivity contribution in [3.05, 3.63) is 0 Å². The molecule has 0 bridgehead atoms. The maximum absolute atomic E-state index is 8.52. The molecule has 0 aromatic rings. The average Bonchev–Trinajstić information content (AvgIpc) is 2.44. The standard InChI is InChI=1S/C16H36N.H2O4S/c1-5-9-13-17(14-10-6-2,15-11-7-3)16-12-8-4;1-5(2,3)4/h5-16H2,1-4H3;(H2,1,2,3,4)/q+1;/p-2. The fourth-order valence-corrected chi connectivity index (χ4v) is 2.64. The largest absolute Gasteiger partial charge is 0.759 e. The summed E-state index contributed by atoms with van der Waals surface area (Å²) in [5.41, 5.74) is 0. The molecule has 0 fully saturated rings. The fourth-order valence-electron chi connectivity index (χ4n) is 2.64. The molecule has 0 aliphatic carbocycles. The molecule has 0 aromatic carbocycles. The first-order chi connectivity index (χ1) is 10.2. The Morgan fingerprint density at radius 2 is 0.818 bits per heavy atom. The van der Waals surface area contributed by atoms with E-state index in [9.17, 15) is 0 Å². The molecule has 0 unspecified atom stereocenters. The Kier molecular flexibility index (Phi) is 15.8. The third-order valence-corrected chi connectivity index (χ3v) is 3.94. The summed E-state index contributed by atoms with van der Waals surface area (Å²) in [5, 5.41) is 0. The van der Waals surface area contributed by atoms with Crippen LogP contribution in [0.25, 0.3) is 0 Å². The lowest BCUT2D eigenvalue weighted by Crippen LogP contribution is -2.50. The van der Waals surface area contributed by atoms with Crippen molar-refractivity contribution in [3.63, 3.8) is 0 Å². The number of unbranched alkanes of at least 4 members (excludes halogenated alkanes) is 4. The summed E-state index contributed by atoms with van der Waals surface area (Å²) >= 11 is 0. The third-order valence-electron chi connectivity index (χ3n) is 3.94. The van der Waals surface area contributed by atoms with E-state index in [1.54, 1.807) is 0 Å².